The van der Waals surface area contributed by atoms with Gasteiger partial charge in [-0.05, 0) is 37.5 Å². The van der Waals surface area contributed by atoms with E-state index in [1.165, 1.54) is 6.07 Å². The molecular weight excluding hydrogens is 417 g/mol. The smallest absolute Gasteiger partial charge is 0.419 e. The first kappa shape index (κ1) is 21.9. The summed E-state index contributed by atoms with van der Waals surface area (Å²) in [7, 11) is 0. The number of thioether (sulfide) groups is 1. The summed E-state index contributed by atoms with van der Waals surface area (Å²) in [5.41, 5.74) is 1.97. The van der Waals surface area contributed by atoms with E-state index in [0.29, 0.717) is 11.3 Å². The van der Waals surface area contributed by atoms with Crippen molar-refractivity contribution in [1.82, 2.24) is 9.97 Å². The third kappa shape index (κ3) is 4.84. The van der Waals surface area contributed by atoms with Crippen LogP contribution in [0.1, 0.15) is 28.0 Å². The zero-order chi connectivity index (χ0) is 22.1. The molecule has 0 saturated heterocycles. The van der Waals surface area contributed by atoms with Gasteiger partial charge in [-0.1, -0.05) is 29.5 Å². The predicted octanol–water partition coefficient (Wildman–Crippen LogP) is 5.08. The maximum Gasteiger partial charge on any atom is 0.419 e. The van der Waals surface area contributed by atoms with Gasteiger partial charge in [-0.15, -0.1) is 0 Å². The minimum Gasteiger partial charge on any atom is -0.507 e. The highest BCUT2D eigenvalue weighted by molar-refractivity contribution is 7.99. The fourth-order valence-electron chi connectivity index (χ4n) is 3.24. The molecule has 5 nitrogen and oxygen atoms in total. The number of hydrogen-bond acceptors (Lipinski definition) is 6. The van der Waals surface area contributed by atoms with Gasteiger partial charge in [-0.25, -0.2) is 14.8 Å². The molecule has 0 unspecified atom stereocenters. The van der Waals surface area contributed by atoms with Crippen LogP contribution in [0.2, 0.25) is 0 Å². The number of aromatic hydroxyl groups is 1. The summed E-state index contributed by atoms with van der Waals surface area (Å²) in [5.74, 6) is 0.450. The van der Waals surface area contributed by atoms with Gasteiger partial charge in [0.1, 0.15) is 17.1 Å². The SMILES string of the molecule is Cc1cc(C)c(-c2c(O)cc(CCSc3ncc(C(F)(F)F)cn3)oc2=O)c(C)c1. The van der Waals surface area contributed by atoms with Gasteiger partial charge in [0.25, 0.3) is 0 Å². The van der Waals surface area contributed by atoms with E-state index in [1.54, 1.807) is 0 Å². The molecule has 0 aliphatic rings. The van der Waals surface area contributed by atoms with Crippen LogP contribution in [-0.2, 0) is 12.6 Å². The van der Waals surface area contributed by atoms with Crippen molar-refractivity contribution in [3.05, 3.63) is 69.0 Å². The molecule has 1 aromatic carbocycles. The molecule has 0 atom stereocenters. The summed E-state index contributed by atoms with van der Waals surface area (Å²) in [6, 6.07) is 5.25. The Morgan fingerprint density at radius 1 is 1.03 bits per heavy atom. The standard InChI is InChI=1S/C21H19F3N2O3S/c1-11-6-12(2)17(13(3)7-11)18-16(27)8-15(29-19(18)28)4-5-30-20-25-9-14(10-26-20)21(22,23)24/h6-10,27H,4-5H2,1-3H3. The highest BCUT2D eigenvalue weighted by atomic mass is 32.2. The first-order valence-corrected chi connectivity index (χ1v) is 10.0. The molecule has 0 spiro atoms. The number of hydrogen-bond donors (Lipinski definition) is 1. The van der Waals surface area contributed by atoms with E-state index in [-0.39, 0.29) is 28.7 Å². The van der Waals surface area contributed by atoms with Crippen LogP contribution < -0.4 is 5.63 Å². The molecule has 158 valence electrons. The Bertz CT molecular complexity index is 1100. The van der Waals surface area contributed by atoms with Crippen molar-refractivity contribution in [2.24, 2.45) is 0 Å². The molecule has 1 N–H and O–H groups in total. The topological polar surface area (TPSA) is 76.2 Å². The van der Waals surface area contributed by atoms with Gasteiger partial charge >= 0.3 is 11.8 Å². The van der Waals surface area contributed by atoms with Crippen molar-refractivity contribution < 1.29 is 22.7 Å². The van der Waals surface area contributed by atoms with Crippen LogP contribution in [0.4, 0.5) is 13.2 Å². The van der Waals surface area contributed by atoms with Gasteiger partial charge in [-0.3, -0.25) is 0 Å². The first-order valence-electron chi connectivity index (χ1n) is 9.02. The number of aromatic nitrogens is 2. The van der Waals surface area contributed by atoms with Gasteiger partial charge in [0, 0.05) is 30.6 Å². The second kappa shape index (κ2) is 8.51. The van der Waals surface area contributed by atoms with E-state index in [9.17, 15) is 23.1 Å². The average Bonchev–Trinajstić information content (AvgIpc) is 2.63. The fourth-order valence-corrected chi connectivity index (χ4v) is 3.98. The van der Waals surface area contributed by atoms with Crippen LogP contribution >= 0.6 is 11.8 Å². The van der Waals surface area contributed by atoms with Gasteiger partial charge in [0.2, 0.25) is 0 Å². The Balaban J connectivity index is 1.74. The lowest BCUT2D eigenvalue weighted by Crippen LogP contribution is -2.08. The summed E-state index contributed by atoms with van der Waals surface area (Å²) >= 11 is 1.12. The fraction of sp³-hybridized carbons (Fsp3) is 0.286. The van der Waals surface area contributed by atoms with E-state index < -0.39 is 17.4 Å². The predicted molar refractivity (Wildman–Crippen MR) is 108 cm³/mol. The largest absolute Gasteiger partial charge is 0.507 e. The number of nitrogens with zero attached hydrogens (tertiary/aromatic N) is 2. The van der Waals surface area contributed by atoms with Crippen LogP contribution in [0, 0.1) is 20.8 Å². The van der Waals surface area contributed by atoms with Crippen molar-refractivity contribution in [2.75, 3.05) is 5.75 Å². The number of benzene rings is 1. The van der Waals surface area contributed by atoms with Crippen molar-refractivity contribution in [2.45, 2.75) is 38.5 Å². The first-order chi connectivity index (χ1) is 14.1. The van der Waals surface area contributed by atoms with Crippen LogP contribution in [0.3, 0.4) is 0 Å². The monoisotopic (exact) mass is 436 g/mol. The molecule has 9 heteroatoms. The Labute approximate surface area is 175 Å². The highest BCUT2D eigenvalue weighted by Crippen LogP contribution is 2.33. The molecule has 3 rings (SSSR count). The molecule has 0 saturated carbocycles. The van der Waals surface area contributed by atoms with Crippen LogP contribution in [0.25, 0.3) is 11.1 Å². The molecule has 30 heavy (non-hydrogen) atoms. The minimum absolute atomic E-state index is 0.118. The summed E-state index contributed by atoms with van der Waals surface area (Å²) in [6.45, 7) is 5.68. The normalized spacial score (nSPS) is 11.7. The molecular formula is C21H19F3N2O3S. The van der Waals surface area contributed by atoms with E-state index in [2.05, 4.69) is 9.97 Å². The van der Waals surface area contributed by atoms with Gasteiger partial charge in [0.05, 0.1) is 5.56 Å². The van der Waals surface area contributed by atoms with Crippen LogP contribution in [-0.4, -0.2) is 20.8 Å². The van der Waals surface area contributed by atoms with E-state index in [0.717, 1.165) is 40.8 Å². The maximum atomic E-state index is 12.6. The molecule has 0 aliphatic carbocycles. The number of aryl methyl sites for hydroxylation is 4. The Morgan fingerprint density at radius 3 is 2.17 bits per heavy atom. The lowest BCUT2D eigenvalue weighted by Gasteiger charge is -2.12. The van der Waals surface area contributed by atoms with Crippen LogP contribution in [0.15, 0.2) is 45.0 Å². The quantitative estimate of drug-likeness (QED) is 0.444. The number of rotatable bonds is 5. The third-order valence-electron chi connectivity index (χ3n) is 4.44. The molecule has 2 heterocycles. The molecule has 3 aromatic rings. The summed E-state index contributed by atoms with van der Waals surface area (Å²) in [6.07, 6.45) is -2.77. The van der Waals surface area contributed by atoms with Crippen molar-refractivity contribution in [3.63, 3.8) is 0 Å². The van der Waals surface area contributed by atoms with Gasteiger partial charge in [0.15, 0.2) is 5.16 Å². The van der Waals surface area contributed by atoms with Crippen molar-refractivity contribution in [1.29, 1.82) is 0 Å². The molecule has 2 aromatic heterocycles. The summed E-state index contributed by atoms with van der Waals surface area (Å²) in [5, 5.41) is 10.6. The zero-order valence-corrected chi connectivity index (χ0v) is 17.3. The average molecular weight is 436 g/mol. The van der Waals surface area contributed by atoms with E-state index in [1.807, 2.05) is 32.9 Å². The number of halogens is 3. The molecule has 0 fully saturated rings. The highest BCUT2D eigenvalue weighted by Gasteiger charge is 2.31. The van der Waals surface area contributed by atoms with Crippen molar-refractivity contribution >= 4 is 11.8 Å². The molecule has 0 bridgehead atoms. The Hall–Kier alpha value is -2.81. The summed E-state index contributed by atoms with van der Waals surface area (Å²) < 4.78 is 43.0. The van der Waals surface area contributed by atoms with E-state index in [4.69, 9.17) is 4.42 Å². The van der Waals surface area contributed by atoms with Crippen molar-refractivity contribution in [3.8, 4) is 16.9 Å². The lowest BCUT2D eigenvalue weighted by molar-refractivity contribution is -0.138. The molecule has 0 amide bonds. The lowest BCUT2D eigenvalue weighted by atomic mass is 9.94. The maximum absolute atomic E-state index is 12.6. The minimum atomic E-state index is -4.49. The van der Waals surface area contributed by atoms with E-state index >= 15 is 0 Å². The third-order valence-corrected chi connectivity index (χ3v) is 5.32. The second-order valence-electron chi connectivity index (χ2n) is 6.88. The zero-order valence-electron chi connectivity index (χ0n) is 16.5. The Kier molecular flexibility index (Phi) is 6.21. The van der Waals surface area contributed by atoms with Gasteiger partial charge in [-0.2, -0.15) is 13.2 Å². The summed E-state index contributed by atoms with van der Waals surface area (Å²) in [4.78, 5) is 19.9. The second-order valence-corrected chi connectivity index (χ2v) is 7.95. The molecule has 0 aliphatic heterocycles. The Morgan fingerprint density at radius 2 is 1.63 bits per heavy atom. The number of alkyl halides is 3. The molecule has 0 radical (unpaired) electrons. The van der Waals surface area contributed by atoms with Gasteiger partial charge < -0.3 is 9.52 Å². The van der Waals surface area contributed by atoms with Crippen LogP contribution in [0.5, 0.6) is 5.75 Å².